The predicted molar refractivity (Wildman–Crippen MR) is 95.5 cm³/mol. The first-order chi connectivity index (χ1) is 11.3. The van der Waals surface area contributed by atoms with Gasteiger partial charge in [-0.1, -0.05) is 60.4 Å². The van der Waals surface area contributed by atoms with Crippen LogP contribution in [0.4, 0.5) is 0 Å². The predicted octanol–water partition coefficient (Wildman–Crippen LogP) is 5.10. The van der Waals surface area contributed by atoms with E-state index in [1.165, 1.54) is 10.8 Å². The highest BCUT2D eigenvalue weighted by atomic mass is 16.3. The maximum atomic E-state index is 9.38. The lowest BCUT2D eigenvalue weighted by Crippen LogP contribution is -1.84. The van der Waals surface area contributed by atoms with Crippen molar-refractivity contribution in [1.82, 2.24) is 0 Å². The van der Waals surface area contributed by atoms with Crippen LogP contribution in [0.5, 0.6) is 5.75 Å². The summed E-state index contributed by atoms with van der Waals surface area (Å²) >= 11 is 0. The minimum Gasteiger partial charge on any atom is -0.508 e. The molecule has 0 bridgehead atoms. The van der Waals surface area contributed by atoms with Gasteiger partial charge in [0.25, 0.3) is 0 Å². The van der Waals surface area contributed by atoms with Crippen LogP contribution in [0, 0.1) is 11.8 Å². The van der Waals surface area contributed by atoms with E-state index in [2.05, 4.69) is 42.2 Å². The maximum absolute atomic E-state index is 9.38. The van der Waals surface area contributed by atoms with Crippen molar-refractivity contribution < 1.29 is 5.11 Å². The third kappa shape index (κ3) is 2.52. The molecular formula is C22H14O. The van der Waals surface area contributed by atoms with Crippen LogP contribution in [-0.2, 0) is 0 Å². The number of fused-ring (bicyclic) bond motifs is 2. The Kier molecular flexibility index (Phi) is 3.22. The number of aromatic hydroxyl groups is 1. The second-order valence-electron chi connectivity index (χ2n) is 5.49. The van der Waals surface area contributed by atoms with Gasteiger partial charge >= 0.3 is 0 Å². The summed E-state index contributed by atoms with van der Waals surface area (Å²) < 4.78 is 0. The first-order valence-electron chi connectivity index (χ1n) is 7.53. The van der Waals surface area contributed by atoms with Gasteiger partial charge in [-0.25, -0.2) is 0 Å². The molecule has 0 radical (unpaired) electrons. The second kappa shape index (κ2) is 5.51. The standard InChI is InChI=1S/C22H14O/c23-19-12-9-16(10-13-19)11-14-22-20-7-3-1-5-17(20)15-18-6-2-4-8-21(18)22/h1-10,12-13,15,23H. The molecule has 1 heteroatoms. The summed E-state index contributed by atoms with van der Waals surface area (Å²) in [5, 5.41) is 14.1. The molecular weight excluding hydrogens is 280 g/mol. The van der Waals surface area contributed by atoms with Gasteiger partial charge < -0.3 is 5.11 Å². The second-order valence-corrected chi connectivity index (χ2v) is 5.49. The molecule has 4 rings (SSSR count). The molecule has 108 valence electrons. The third-order valence-electron chi connectivity index (χ3n) is 3.97. The largest absolute Gasteiger partial charge is 0.508 e. The first kappa shape index (κ1) is 13.4. The number of benzene rings is 4. The minimum absolute atomic E-state index is 0.256. The van der Waals surface area contributed by atoms with E-state index in [0.717, 1.165) is 21.9 Å². The summed E-state index contributed by atoms with van der Waals surface area (Å²) in [6.45, 7) is 0. The van der Waals surface area contributed by atoms with Crippen molar-refractivity contribution in [2.75, 3.05) is 0 Å². The molecule has 0 unspecified atom stereocenters. The smallest absolute Gasteiger partial charge is 0.115 e. The summed E-state index contributed by atoms with van der Waals surface area (Å²) in [5.74, 6) is 6.80. The molecule has 0 heterocycles. The lowest BCUT2D eigenvalue weighted by atomic mass is 9.97. The van der Waals surface area contributed by atoms with Crippen molar-refractivity contribution >= 4 is 21.5 Å². The van der Waals surface area contributed by atoms with E-state index >= 15 is 0 Å². The molecule has 0 fully saturated rings. The van der Waals surface area contributed by atoms with Gasteiger partial charge in [0.1, 0.15) is 5.75 Å². The molecule has 0 saturated carbocycles. The van der Waals surface area contributed by atoms with Gasteiger partial charge in [0, 0.05) is 11.1 Å². The Balaban J connectivity index is 1.98. The quantitative estimate of drug-likeness (QED) is 0.353. The molecule has 0 aliphatic rings. The van der Waals surface area contributed by atoms with E-state index in [1.807, 2.05) is 36.4 Å². The van der Waals surface area contributed by atoms with Crippen molar-refractivity contribution in [1.29, 1.82) is 0 Å². The van der Waals surface area contributed by atoms with Crippen molar-refractivity contribution in [3.8, 4) is 17.6 Å². The summed E-state index contributed by atoms with van der Waals surface area (Å²) in [6, 6.07) is 25.8. The van der Waals surface area contributed by atoms with E-state index in [-0.39, 0.29) is 5.75 Å². The number of rotatable bonds is 0. The highest BCUT2D eigenvalue weighted by molar-refractivity contribution is 6.04. The molecule has 0 aliphatic carbocycles. The summed E-state index contributed by atoms with van der Waals surface area (Å²) in [7, 11) is 0. The first-order valence-corrected chi connectivity index (χ1v) is 7.53. The Labute approximate surface area is 134 Å². The Morgan fingerprint density at radius 1 is 0.609 bits per heavy atom. The maximum Gasteiger partial charge on any atom is 0.115 e. The normalized spacial score (nSPS) is 10.4. The van der Waals surface area contributed by atoms with Crippen LogP contribution in [0.25, 0.3) is 21.5 Å². The zero-order valence-corrected chi connectivity index (χ0v) is 12.5. The van der Waals surface area contributed by atoms with Crippen molar-refractivity contribution in [3.05, 3.63) is 90.0 Å². The zero-order valence-electron chi connectivity index (χ0n) is 12.5. The fourth-order valence-electron chi connectivity index (χ4n) is 2.83. The molecule has 4 aromatic carbocycles. The number of hydrogen-bond acceptors (Lipinski definition) is 1. The van der Waals surface area contributed by atoms with Crippen LogP contribution in [0.2, 0.25) is 0 Å². The van der Waals surface area contributed by atoms with E-state index in [0.29, 0.717) is 0 Å². The van der Waals surface area contributed by atoms with Gasteiger partial charge in [-0.05, 0) is 51.9 Å². The van der Waals surface area contributed by atoms with Gasteiger partial charge in [0.2, 0.25) is 0 Å². The van der Waals surface area contributed by atoms with Gasteiger partial charge in [-0.15, -0.1) is 0 Å². The van der Waals surface area contributed by atoms with Crippen LogP contribution in [-0.4, -0.2) is 5.11 Å². The highest BCUT2D eigenvalue weighted by Gasteiger charge is 2.04. The molecule has 0 spiro atoms. The molecule has 4 aromatic rings. The molecule has 0 atom stereocenters. The monoisotopic (exact) mass is 294 g/mol. The molecule has 23 heavy (non-hydrogen) atoms. The Morgan fingerprint density at radius 2 is 1.17 bits per heavy atom. The van der Waals surface area contributed by atoms with Crippen LogP contribution in [0.3, 0.4) is 0 Å². The zero-order chi connectivity index (χ0) is 15.6. The van der Waals surface area contributed by atoms with E-state index in [9.17, 15) is 5.11 Å². The van der Waals surface area contributed by atoms with Crippen molar-refractivity contribution in [2.24, 2.45) is 0 Å². The van der Waals surface area contributed by atoms with Crippen molar-refractivity contribution in [3.63, 3.8) is 0 Å². The fourth-order valence-corrected chi connectivity index (χ4v) is 2.83. The van der Waals surface area contributed by atoms with E-state index < -0.39 is 0 Å². The van der Waals surface area contributed by atoms with Gasteiger partial charge in [-0.3, -0.25) is 0 Å². The Hall–Kier alpha value is -3.24. The van der Waals surface area contributed by atoms with Crippen LogP contribution in [0.15, 0.2) is 78.9 Å². The average Bonchev–Trinajstić information content (AvgIpc) is 2.60. The van der Waals surface area contributed by atoms with Crippen LogP contribution in [0.1, 0.15) is 11.1 Å². The van der Waals surface area contributed by atoms with Crippen LogP contribution >= 0.6 is 0 Å². The molecule has 1 N–H and O–H groups in total. The summed E-state index contributed by atoms with van der Waals surface area (Å²) in [5.41, 5.74) is 1.94. The molecule has 0 saturated heterocycles. The highest BCUT2D eigenvalue weighted by Crippen LogP contribution is 2.27. The van der Waals surface area contributed by atoms with Crippen LogP contribution < -0.4 is 0 Å². The number of phenols is 1. The average molecular weight is 294 g/mol. The van der Waals surface area contributed by atoms with Gasteiger partial charge in [0.15, 0.2) is 0 Å². The topological polar surface area (TPSA) is 20.2 Å². The summed E-state index contributed by atoms with van der Waals surface area (Å²) in [6.07, 6.45) is 0. The Bertz CT molecular complexity index is 1010. The van der Waals surface area contributed by atoms with E-state index in [1.54, 1.807) is 12.1 Å². The number of hydrogen-bond donors (Lipinski definition) is 1. The molecule has 0 aromatic heterocycles. The van der Waals surface area contributed by atoms with Gasteiger partial charge in [0.05, 0.1) is 0 Å². The third-order valence-corrected chi connectivity index (χ3v) is 3.97. The number of phenolic OH excluding ortho intramolecular Hbond substituents is 1. The SMILES string of the molecule is Oc1ccc(C#Cc2c3ccccc3cc3ccccc23)cc1. The molecule has 0 aliphatic heterocycles. The van der Waals surface area contributed by atoms with E-state index in [4.69, 9.17) is 0 Å². The van der Waals surface area contributed by atoms with Crippen molar-refractivity contribution in [2.45, 2.75) is 0 Å². The van der Waals surface area contributed by atoms with Gasteiger partial charge in [-0.2, -0.15) is 0 Å². The molecule has 1 nitrogen and oxygen atoms in total. The minimum atomic E-state index is 0.256. The lowest BCUT2D eigenvalue weighted by molar-refractivity contribution is 0.475. The lowest BCUT2D eigenvalue weighted by Gasteiger charge is -2.06. The Morgan fingerprint density at radius 3 is 1.78 bits per heavy atom. The summed E-state index contributed by atoms with van der Waals surface area (Å²) in [4.78, 5) is 0. The molecule has 0 amide bonds. The fraction of sp³-hybridized carbons (Fsp3) is 0.